The van der Waals surface area contributed by atoms with Crippen LogP contribution in [0.25, 0.3) is 0 Å². The van der Waals surface area contributed by atoms with Gasteiger partial charge in [0.05, 0.1) is 13.2 Å². The van der Waals surface area contributed by atoms with Crippen molar-refractivity contribution in [3.05, 3.63) is 28.2 Å². The van der Waals surface area contributed by atoms with Gasteiger partial charge in [0.15, 0.2) is 0 Å². The normalized spacial score (nSPS) is 19.0. The first kappa shape index (κ1) is 15.8. The number of ether oxygens (including phenoxy) is 3. The van der Waals surface area contributed by atoms with Gasteiger partial charge >= 0.3 is 0 Å². The van der Waals surface area contributed by atoms with Gasteiger partial charge in [-0.3, -0.25) is 0 Å². The summed E-state index contributed by atoms with van der Waals surface area (Å²) in [7, 11) is 1.71. The summed E-state index contributed by atoms with van der Waals surface area (Å²) in [6.45, 7) is 3.85. The summed E-state index contributed by atoms with van der Waals surface area (Å²) in [6.07, 6.45) is 2.30. The molecule has 5 heteroatoms. The van der Waals surface area contributed by atoms with E-state index in [9.17, 15) is 0 Å². The Labute approximate surface area is 128 Å². The highest BCUT2D eigenvalue weighted by Gasteiger charge is 2.17. The van der Waals surface area contributed by atoms with Crippen LogP contribution in [0, 0.1) is 0 Å². The van der Waals surface area contributed by atoms with Crippen molar-refractivity contribution in [1.82, 2.24) is 5.32 Å². The molecule has 1 N–H and O–H groups in total. The summed E-state index contributed by atoms with van der Waals surface area (Å²) in [6, 6.07) is 6.13. The Morgan fingerprint density at radius 2 is 2.35 bits per heavy atom. The molecule has 1 aromatic carbocycles. The number of methoxy groups -OCH3 is 1. The lowest BCUT2D eigenvalue weighted by Crippen LogP contribution is -2.28. The maximum Gasteiger partial charge on any atom is 0.124 e. The lowest BCUT2D eigenvalue weighted by molar-refractivity contribution is 0.00699. The third kappa shape index (κ3) is 5.05. The van der Waals surface area contributed by atoms with E-state index in [1.807, 2.05) is 12.1 Å². The maximum absolute atomic E-state index is 6.08. The number of hydrogen-bond donors (Lipinski definition) is 1. The minimum atomic E-state index is 0.169. The van der Waals surface area contributed by atoms with E-state index in [0.29, 0.717) is 13.2 Å². The number of hydrogen-bond acceptors (Lipinski definition) is 4. The highest BCUT2D eigenvalue weighted by atomic mass is 79.9. The molecule has 0 aliphatic carbocycles. The maximum atomic E-state index is 6.08. The summed E-state index contributed by atoms with van der Waals surface area (Å²) in [4.78, 5) is 0. The van der Waals surface area contributed by atoms with Crippen LogP contribution in [-0.2, 0) is 16.0 Å². The predicted molar refractivity (Wildman–Crippen MR) is 82.2 cm³/mol. The van der Waals surface area contributed by atoms with Crippen LogP contribution >= 0.6 is 15.9 Å². The number of benzene rings is 1. The molecule has 1 fully saturated rings. The molecule has 2 rings (SSSR count). The van der Waals surface area contributed by atoms with Gasteiger partial charge < -0.3 is 19.5 Å². The lowest BCUT2D eigenvalue weighted by atomic mass is 10.1. The predicted octanol–water partition coefficient (Wildman–Crippen LogP) is 2.74. The monoisotopic (exact) mass is 343 g/mol. The van der Waals surface area contributed by atoms with E-state index >= 15 is 0 Å². The van der Waals surface area contributed by atoms with Gasteiger partial charge in [-0.1, -0.05) is 15.9 Å². The van der Waals surface area contributed by atoms with Gasteiger partial charge in [0.2, 0.25) is 0 Å². The quantitative estimate of drug-likeness (QED) is 0.772. The molecule has 1 aliphatic heterocycles. The standard InChI is InChI=1S/C15H22BrNO3/c1-18-8-6-17-10-12-9-13(16)4-5-15(12)20-14-3-2-7-19-11-14/h4-5,9,14,17H,2-3,6-8,10-11H2,1H3. The van der Waals surface area contributed by atoms with Crippen molar-refractivity contribution in [3.8, 4) is 5.75 Å². The van der Waals surface area contributed by atoms with Crippen molar-refractivity contribution >= 4 is 15.9 Å². The van der Waals surface area contributed by atoms with E-state index in [1.54, 1.807) is 7.11 Å². The first-order valence-electron chi connectivity index (χ1n) is 7.02. The molecule has 1 aromatic rings. The molecule has 1 saturated heterocycles. The molecule has 20 heavy (non-hydrogen) atoms. The lowest BCUT2D eigenvalue weighted by Gasteiger charge is -2.24. The highest BCUT2D eigenvalue weighted by molar-refractivity contribution is 9.10. The largest absolute Gasteiger partial charge is 0.488 e. The average molecular weight is 344 g/mol. The fourth-order valence-electron chi connectivity index (χ4n) is 2.18. The molecule has 0 aromatic heterocycles. The van der Waals surface area contributed by atoms with Crippen LogP contribution in [0.2, 0.25) is 0 Å². The molecule has 4 nitrogen and oxygen atoms in total. The van der Waals surface area contributed by atoms with Gasteiger partial charge in [0.25, 0.3) is 0 Å². The Morgan fingerprint density at radius 1 is 1.45 bits per heavy atom. The van der Waals surface area contributed by atoms with Crippen LogP contribution in [0.3, 0.4) is 0 Å². The van der Waals surface area contributed by atoms with Gasteiger partial charge in [-0.2, -0.15) is 0 Å². The number of halogens is 1. The Hall–Kier alpha value is -0.620. The molecule has 1 atom stereocenters. The van der Waals surface area contributed by atoms with Gasteiger partial charge in [0.1, 0.15) is 11.9 Å². The van der Waals surface area contributed by atoms with Crippen LogP contribution in [-0.4, -0.2) is 39.6 Å². The summed E-state index contributed by atoms with van der Waals surface area (Å²) in [5, 5.41) is 3.35. The molecule has 0 spiro atoms. The summed E-state index contributed by atoms with van der Waals surface area (Å²) >= 11 is 3.51. The van der Waals surface area contributed by atoms with Crippen molar-refractivity contribution in [2.24, 2.45) is 0 Å². The Kier molecular flexibility index (Phi) is 6.79. The Balaban J connectivity index is 1.95. The molecule has 1 unspecified atom stereocenters. The SMILES string of the molecule is COCCNCc1cc(Br)ccc1OC1CCCOC1. The fourth-order valence-corrected chi connectivity index (χ4v) is 2.59. The van der Waals surface area contributed by atoms with Crippen LogP contribution in [0.4, 0.5) is 0 Å². The molecule has 1 aliphatic rings. The second kappa shape index (κ2) is 8.62. The van der Waals surface area contributed by atoms with Crippen molar-refractivity contribution in [1.29, 1.82) is 0 Å². The third-order valence-corrected chi connectivity index (χ3v) is 3.73. The topological polar surface area (TPSA) is 39.7 Å². The van der Waals surface area contributed by atoms with E-state index < -0.39 is 0 Å². The van der Waals surface area contributed by atoms with Crippen LogP contribution in [0.15, 0.2) is 22.7 Å². The van der Waals surface area contributed by atoms with Gasteiger partial charge in [-0.05, 0) is 31.0 Å². The third-order valence-electron chi connectivity index (χ3n) is 3.23. The zero-order valence-electron chi connectivity index (χ0n) is 11.9. The Bertz CT molecular complexity index is 408. The zero-order valence-corrected chi connectivity index (χ0v) is 13.4. The minimum absolute atomic E-state index is 0.169. The van der Waals surface area contributed by atoms with E-state index in [0.717, 1.165) is 48.3 Å². The molecule has 0 saturated carbocycles. The first-order valence-corrected chi connectivity index (χ1v) is 7.81. The fraction of sp³-hybridized carbons (Fsp3) is 0.600. The molecular weight excluding hydrogens is 322 g/mol. The van der Waals surface area contributed by atoms with Gasteiger partial charge in [-0.15, -0.1) is 0 Å². The van der Waals surface area contributed by atoms with Gasteiger partial charge in [0, 0.05) is 36.8 Å². The van der Waals surface area contributed by atoms with Crippen molar-refractivity contribution in [2.45, 2.75) is 25.5 Å². The molecule has 1 heterocycles. The van der Waals surface area contributed by atoms with Crippen LogP contribution in [0.1, 0.15) is 18.4 Å². The average Bonchev–Trinajstić information content (AvgIpc) is 2.47. The van der Waals surface area contributed by atoms with E-state index in [1.165, 1.54) is 0 Å². The summed E-state index contributed by atoms with van der Waals surface area (Å²) < 4.78 is 17.6. The zero-order chi connectivity index (χ0) is 14.2. The van der Waals surface area contributed by atoms with Crippen molar-refractivity contribution < 1.29 is 14.2 Å². The van der Waals surface area contributed by atoms with E-state index in [2.05, 4.69) is 27.3 Å². The number of rotatable bonds is 7. The molecule has 0 radical (unpaired) electrons. The second-order valence-corrected chi connectivity index (χ2v) is 5.79. The van der Waals surface area contributed by atoms with Crippen LogP contribution in [0.5, 0.6) is 5.75 Å². The molecular formula is C15H22BrNO3. The molecule has 112 valence electrons. The minimum Gasteiger partial charge on any atom is -0.488 e. The summed E-state index contributed by atoms with van der Waals surface area (Å²) in [5.41, 5.74) is 1.15. The van der Waals surface area contributed by atoms with Crippen molar-refractivity contribution in [2.75, 3.05) is 33.5 Å². The Morgan fingerprint density at radius 3 is 3.10 bits per heavy atom. The highest BCUT2D eigenvalue weighted by Crippen LogP contribution is 2.25. The molecule has 0 amide bonds. The molecule has 0 bridgehead atoms. The van der Waals surface area contributed by atoms with Crippen molar-refractivity contribution in [3.63, 3.8) is 0 Å². The van der Waals surface area contributed by atoms with E-state index in [4.69, 9.17) is 14.2 Å². The second-order valence-electron chi connectivity index (χ2n) is 4.88. The summed E-state index contributed by atoms with van der Waals surface area (Å²) in [5.74, 6) is 0.939. The first-order chi connectivity index (χ1) is 9.79. The van der Waals surface area contributed by atoms with Crippen LogP contribution < -0.4 is 10.1 Å². The number of nitrogens with one attached hydrogen (secondary N) is 1. The van der Waals surface area contributed by atoms with E-state index in [-0.39, 0.29) is 6.10 Å². The smallest absolute Gasteiger partial charge is 0.124 e. The van der Waals surface area contributed by atoms with Gasteiger partial charge in [-0.25, -0.2) is 0 Å².